The van der Waals surface area contributed by atoms with Crippen LogP contribution in [0.5, 0.6) is 0 Å². The first-order valence-corrected chi connectivity index (χ1v) is 3.66. The van der Waals surface area contributed by atoms with E-state index in [-0.39, 0.29) is 24.3 Å². The SMILES string of the molecule is COC(=O)[C@H]1CNC[C@H](F)C1.Cl. The summed E-state index contributed by atoms with van der Waals surface area (Å²) in [4.78, 5) is 10.9. The minimum absolute atomic E-state index is 0. The Morgan fingerprint density at radius 3 is 2.75 bits per heavy atom. The number of alkyl halides is 1. The largest absolute Gasteiger partial charge is 0.469 e. The molecule has 1 fully saturated rings. The van der Waals surface area contributed by atoms with Crippen molar-refractivity contribution in [3.05, 3.63) is 0 Å². The number of nitrogens with one attached hydrogen (secondary N) is 1. The molecule has 1 heterocycles. The minimum atomic E-state index is -0.909. The Kier molecular flexibility index (Phi) is 5.17. The quantitative estimate of drug-likeness (QED) is 0.624. The fourth-order valence-electron chi connectivity index (χ4n) is 1.24. The van der Waals surface area contributed by atoms with Crippen LogP contribution in [0.4, 0.5) is 4.39 Å². The molecular formula is C7H13ClFNO2. The van der Waals surface area contributed by atoms with E-state index in [0.717, 1.165) is 0 Å². The number of carbonyl (C=O) groups excluding carboxylic acids is 1. The summed E-state index contributed by atoms with van der Waals surface area (Å²) in [6.07, 6.45) is -0.618. The van der Waals surface area contributed by atoms with Gasteiger partial charge in [0.1, 0.15) is 6.17 Å². The van der Waals surface area contributed by atoms with Crippen molar-refractivity contribution < 1.29 is 13.9 Å². The minimum Gasteiger partial charge on any atom is -0.469 e. The highest BCUT2D eigenvalue weighted by atomic mass is 35.5. The molecule has 0 aromatic heterocycles. The molecule has 0 bridgehead atoms. The molecule has 1 N–H and O–H groups in total. The second kappa shape index (κ2) is 5.32. The molecule has 2 atom stereocenters. The monoisotopic (exact) mass is 197 g/mol. The van der Waals surface area contributed by atoms with E-state index >= 15 is 0 Å². The van der Waals surface area contributed by atoms with Crippen LogP contribution < -0.4 is 5.32 Å². The lowest BCUT2D eigenvalue weighted by Gasteiger charge is -2.23. The van der Waals surface area contributed by atoms with E-state index in [4.69, 9.17) is 0 Å². The zero-order chi connectivity index (χ0) is 8.27. The van der Waals surface area contributed by atoms with Crippen molar-refractivity contribution in [2.75, 3.05) is 20.2 Å². The Morgan fingerprint density at radius 2 is 2.25 bits per heavy atom. The number of halogens is 2. The summed E-state index contributed by atoms with van der Waals surface area (Å²) in [5.41, 5.74) is 0. The van der Waals surface area contributed by atoms with Crippen LogP contribution in [0, 0.1) is 5.92 Å². The van der Waals surface area contributed by atoms with Crippen molar-refractivity contribution in [2.45, 2.75) is 12.6 Å². The Balaban J connectivity index is 0.00000121. The van der Waals surface area contributed by atoms with Crippen LogP contribution in [0.3, 0.4) is 0 Å². The number of piperidine rings is 1. The third-order valence-corrected chi connectivity index (χ3v) is 1.83. The average molecular weight is 198 g/mol. The van der Waals surface area contributed by atoms with Gasteiger partial charge in [-0.25, -0.2) is 4.39 Å². The van der Waals surface area contributed by atoms with Crippen molar-refractivity contribution in [2.24, 2.45) is 5.92 Å². The molecule has 72 valence electrons. The maximum Gasteiger partial charge on any atom is 0.310 e. The molecule has 3 nitrogen and oxygen atoms in total. The van der Waals surface area contributed by atoms with Gasteiger partial charge in [-0.05, 0) is 6.42 Å². The molecule has 0 spiro atoms. The van der Waals surface area contributed by atoms with Crippen molar-refractivity contribution in [1.29, 1.82) is 0 Å². The van der Waals surface area contributed by atoms with E-state index in [0.29, 0.717) is 19.5 Å². The normalized spacial score (nSPS) is 28.8. The first-order valence-electron chi connectivity index (χ1n) is 3.66. The van der Waals surface area contributed by atoms with Gasteiger partial charge in [0.2, 0.25) is 0 Å². The molecular weight excluding hydrogens is 185 g/mol. The molecule has 0 radical (unpaired) electrons. The number of hydrogen-bond donors (Lipinski definition) is 1. The van der Waals surface area contributed by atoms with Gasteiger partial charge in [-0.2, -0.15) is 0 Å². The zero-order valence-electron chi connectivity index (χ0n) is 6.88. The van der Waals surface area contributed by atoms with E-state index in [2.05, 4.69) is 10.1 Å². The van der Waals surface area contributed by atoms with E-state index in [1.54, 1.807) is 0 Å². The third-order valence-electron chi connectivity index (χ3n) is 1.83. The predicted octanol–water partition coefficient (Wildman–Crippen LogP) is 0.529. The average Bonchev–Trinajstić information content (AvgIpc) is 2.03. The maximum absolute atomic E-state index is 12.7. The van der Waals surface area contributed by atoms with Gasteiger partial charge < -0.3 is 10.1 Å². The first-order chi connectivity index (χ1) is 5.24. The Morgan fingerprint density at radius 1 is 1.58 bits per heavy atom. The maximum atomic E-state index is 12.7. The summed E-state index contributed by atoms with van der Waals surface area (Å²) in [5, 5.41) is 2.82. The third kappa shape index (κ3) is 2.95. The Labute approximate surface area is 77.1 Å². The Bertz CT molecular complexity index is 156. The van der Waals surface area contributed by atoms with E-state index in [9.17, 15) is 9.18 Å². The van der Waals surface area contributed by atoms with Crippen LogP contribution in [-0.2, 0) is 9.53 Å². The highest BCUT2D eigenvalue weighted by molar-refractivity contribution is 5.85. The number of carbonyl (C=O) groups is 1. The summed E-state index contributed by atoms with van der Waals surface area (Å²) in [6.45, 7) is 0.889. The van der Waals surface area contributed by atoms with Gasteiger partial charge in [0, 0.05) is 13.1 Å². The lowest BCUT2D eigenvalue weighted by atomic mass is 9.99. The fourth-order valence-corrected chi connectivity index (χ4v) is 1.24. The molecule has 1 saturated heterocycles. The van der Waals surface area contributed by atoms with Gasteiger partial charge in [-0.15, -0.1) is 12.4 Å². The van der Waals surface area contributed by atoms with Gasteiger partial charge in [-0.1, -0.05) is 0 Å². The van der Waals surface area contributed by atoms with Crippen molar-refractivity contribution >= 4 is 18.4 Å². The number of esters is 1. The predicted molar refractivity (Wildman–Crippen MR) is 45.1 cm³/mol. The van der Waals surface area contributed by atoms with Crippen LogP contribution in [0.25, 0.3) is 0 Å². The van der Waals surface area contributed by atoms with Gasteiger partial charge in [0.05, 0.1) is 13.0 Å². The summed E-state index contributed by atoms with van der Waals surface area (Å²) in [7, 11) is 1.32. The van der Waals surface area contributed by atoms with Crippen molar-refractivity contribution in [1.82, 2.24) is 5.32 Å². The Hall–Kier alpha value is -0.350. The van der Waals surface area contributed by atoms with Crippen LogP contribution in [-0.4, -0.2) is 32.3 Å². The summed E-state index contributed by atoms with van der Waals surface area (Å²) in [5.74, 6) is -0.622. The van der Waals surface area contributed by atoms with Gasteiger partial charge in [-0.3, -0.25) is 4.79 Å². The van der Waals surface area contributed by atoms with Gasteiger partial charge in [0.25, 0.3) is 0 Å². The van der Waals surface area contributed by atoms with Crippen molar-refractivity contribution in [3.63, 3.8) is 0 Å². The smallest absolute Gasteiger partial charge is 0.310 e. The fraction of sp³-hybridized carbons (Fsp3) is 0.857. The first kappa shape index (κ1) is 11.6. The van der Waals surface area contributed by atoms with Gasteiger partial charge >= 0.3 is 5.97 Å². The van der Waals surface area contributed by atoms with Crippen LogP contribution in [0.15, 0.2) is 0 Å². The molecule has 5 heteroatoms. The van der Waals surface area contributed by atoms with E-state index in [1.807, 2.05) is 0 Å². The van der Waals surface area contributed by atoms with Crippen LogP contribution in [0.1, 0.15) is 6.42 Å². The van der Waals surface area contributed by atoms with Crippen molar-refractivity contribution in [3.8, 4) is 0 Å². The highest BCUT2D eigenvalue weighted by Gasteiger charge is 2.27. The molecule has 0 unspecified atom stereocenters. The second-order valence-corrected chi connectivity index (χ2v) is 2.71. The highest BCUT2D eigenvalue weighted by Crippen LogP contribution is 2.14. The lowest BCUT2D eigenvalue weighted by Crippen LogP contribution is -2.41. The number of rotatable bonds is 1. The summed E-state index contributed by atoms with van der Waals surface area (Å²) in [6, 6.07) is 0. The lowest BCUT2D eigenvalue weighted by molar-refractivity contribution is -0.146. The second-order valence-electron chi connectivity index (χ2n) is 2.71. The van der Waals surface area contributed by atoms with E-state index < -0.39 is 6.17 Å². The standard InChI is InChI=1S/C7H12FNO2.ClH/c1-11-7(10)5-2-6(8)4-9-3-5;/h5-6,9H,2-4H2,1H3;1H/t5-,6-;/m1./s1. The zero-order valence-corrected chi connectivity index (χ0v) is 7.70. The van der Waals surface area contributed by atoms with Crippen LogP contribution >= 0.6 is 12.4 Å². The molecule has 0 aliphatic carbocycles. The molecule has 0 aromatic rings. The number of methoxy groups -OCH3 is 1. The van der Waals surface area contributed by atoms with E-state index in [1.165, 1.54) is 7.11 Å². The molecule has 0 amide bonds. The summed E-state index contributed by atoms with van der Waals surface area (Å²) < 4.78 is 17.2. The van der Waals surface area contributed by atoms with Crippen LogP contribution in [0.2, 0.25) is 0 Å². The topological polar surface area (TPSA) is 38.3 Å². The molecule has 1 aliphatic rings. The molecule has 0 aromatic carbocycles. The molecule has 1 rings (SSSR count). The molecule has 1 aliphatic heterocycles. The number of hydrogen-bond acceptors (Lipinski definition) is 3. The molecule has 0 saturated carbocycles. The molecule has 12 heavy (non-hydrogen) atoms. The summed E-state index contributed by atoms with van der Waals surface area (Å²) >= 11 is 0. The van der Waals surface area contributed by atoms with Gasteiger partial charge in [0.15, 0.2) is 0 Å². The number of ether oxygens (including phenoxy) is 1.